The van der Waals surface area contributed by atoms with Gasteiger partial charge in [0.05, 0.1) is 0 Å². The van der Waals surface area contributed by atoms with Gasteiger partial charge in [-0.05, 0) is 29.9 Å². The van der Waals surface area contributed by atoms with E-state index in [1.165, 1.54) is 61.2 Å². The Morgan fingerprint density at radius 1 is 1.00 bits per heavy atom. The fraction of sp³-hybridized carbons (Fsp3) is 0.684. The standard InChI is InChI=1S/C19H33NS/c1-4-5-6-7-8-9-10-14-21-19-13-11-12-18(15-19)16-20-17(2)3/h11-13,15,17,20H,4-10,14,16H2,1-3H3. The highest BCUT2D eigenvalue weighted by atomic mass is 32.2. The predicted octanol–water partition coefficient (Wildman–Crippen LogP) is 6.03. The molecule has 0 aliphatic carbocycles. The van der Waals surface area contributed by atoms with Crippen molar-refractivity contribution in [2.24, 2.45) is 0 Å². The zero-order valence-electron chi connectivity index (χ0n) is 14.2. The molecule has 120 valence electrons. The minimum Gasteiger partial charge on any atom is -0.310 e. The third-order valence-electron chi connectivity index (χ3n) is 3.63. The number of hydrogen-bond donors (Lipinski definition) is 1. The van der Waals surface area contributed by atoms with E-state index in [1.54, 1.807) is 0 Å². The van der Waals surface area contributed by atoms with Gasteiger partial charge in [0, 0.05) is 17.5 Å². The van der Waals surface area contributed by atoms with Gasteiger partial charge in [0.2, 0.25) is 0 Å². The summed E-state index contributed by atoms with van der Waals surface area (Å²) in [4.78, 5) is 1.42. The van der Waals surface area contributed by atoms with Gasteiger partial charge in [0.15, 0.2) is 0 Å². The van der Waals surface area contributed by atoms with Crippen LogP contribution in [0.5, 0.6) is 0 Å². The largest absolute Gasteiger partial charge is 0.310 e. The Balaban J connectivity index is 2.13. The lowest BCUT2D eigenvalue weighted by molar-refractivity contribution is 0.588. The topological polar surface area (TPSA) is 12.0 Å². The van der Waals surface area contributed by atoms with Gasteiger partial charge in [0.25, 0.3) is 0 Å². The molecule has 1 N–H and O–H groups in total. The van der Waals surface area contributed by atoms with Crippen LogP contribution in [-0.2, 0) is 6.54 Å². The zero-order chi connectivity index (χ0) is 15.3. The molecule has 0 spiro atoms. The average Bonchev–Trinajstić information content (AvgIpc) is 2.48. The number of benzene rings is 1. The summed E-state index contributed by atoms with van der Waals surface area (Å²) in [6.07, 6.45) is 9.77. The second kappa shape index (κ2) is 12.1. The highest BCUT2D eigenvalue weighted by molar-refractivity contribution is 7.99. The zero-order valence-corrected chi connectivity index (χ0v) is 15.0. The van der Waals surface area contributed by atoms with Gasteiger partial charge in [-0.15, -0.1) is 11.8 Å². The van der Waals surface area contributed by atoms with Crippen molar-refractivity contribution in [1.29, 1.82) is 0 Å². The summed E-state index contributed by atoms with van der Waals surface area (Å²) in [5, 5.41) is 3.48. The van der Waals surface area contributed by atoms with Gasteiger partial charge in [-0.2, -0.15) is 0 Å². The monoisotopic (exact) mass is 307 g/mol. The lowest BCUT2D eigenvalue weighted by Crippen LogP contribution is -2.21. The second-order valence-corrected chi connectivity index (χ2v) is 7.32. The van der Waals surface area contributed by atoms with Crippen molar-refractivity contribution < 1.29 is 0 Å². The average molecular weight is 308 g/mol. The maximum absolute atomic E-state index is 3.48. The van der Waals surface area contributed by atoms with E-state index in [0.29, 0.717) is 6.04 Å². The Bertz CT molecular complexity index is 362. The van der Waals surface area contributed by atoms with Crippen molar-refractivity contribution in [2.75, 3.05) is 5.75 Å². The summed E-state index contributed by atoms with van der Waals surface area (Å²) in [5.74, 6) is 1.26. The normalized spacial score (nSPS) is 11.2. The van der Waals surface area contributed by atoms with E-state index in [9.17, 15) is 0 Å². The summed E-state index contributed by atoms with van der Waals surface area (Å²) in [7, 11) is 0. The van der Waals surface area contributed by atoms with Crippen LogP contribution in [-0.4, -0.2) is 11.8 Å². The molecule has 1 aromatic rings. The summed E-state index contributed by atoms with van der Waals surface area (Å²) >= 11 is 2.01. The molecule has 21 heavy (non-hydrogen) atoms. The van der Waals surface area contributed by atoms with Crippen molar-refractivity contribution >= 4 is 11.8 Å². The van der Waals surface area contributed by atoms with E-state index in [-0.39, 0.29) is 0 Å². The molecule has 0 unspecified atom stereocenters. The van der Waals surface area contributed by atoms with Crippen LogP contribution in [0.15, 0.2) is 29.2 Å². The first-order chi connectivity index (χ1) is 10.2. The molecule has 0 aliphatic heterocycles. The summed E-state index contributed by atoms with van der Waals surface area (Å²) in [6, 6.07) is 9.53. The van der Waals surface area contributed by atoms with Crippen LogP contribution < -0.4 is 5.32 Å². The van der Waals surface area contributed by atoms with E-state index >= 15 is 0 Å². The first-order valence-corrected chi connectivity index (χ1v) is 9.66. The van der Waals surface area contributed by atoms with Gasteiger partial charge in [-0.3, -0.25) is 0 Å². The molecule has 1 rings (SSSR count). The minimum atomic E-state index is 0.550. The third kappa shape index (κ3) is 9.97. The van der Waals surface area contributed by atoms with Crippen molar-refractivity contribution in [3.63, 3.8) is 0 Å². The minimum absolute atomic E-state index is 0.550. The Morgan fingerprint density at radius 2 is 1.71 bits per heavy atom. The second-order valence-electron chi connectivity index (χ2n) is 6.15. The van der Waals surface area contributed by atoms with Crippen LogP contribution in [0.4, 0.5) is 0 Å². The van der Waals surface area contributed by atoms with Crippen LogP contribution >= 0.6 is 11.8 Å². The Kier molecular flexibility index (Phi) is 10.7. The smallest absolute Gasteiger partial charge is 0.0208 e. The van der Waals surface area contributed by atoms with Crippen molar-refractivity contribution in [3.8, 4) is 0 Å². The Labute approximate surface area is 136 Å². The Morgan fingerprint density at radius 3 is 2.43 bits per heavy atom. The Hall–Kier alpha value is -0.470. The quantitative estimate of drug-likeness (QED) is 0.374. The molecule has 0 atom stereocenters. The van der Waals surface area contributed by atoms with Crippen LogP contribution in [0.2, 0.25) is 0 Å². The molecule has 0 fully saturated rings. The molecule has 0 aliphatic rings. The van der Waals surface area contributed by atoms with Gasteiger partial charge < -0.3 is 5.32 Å². The number of rotatable bonds is 12. The van der Waals surface area contributed by atoms with Gasteiger partial charge >= 0.3 is 0 Å². The number of thioether (sulfide) groups is 1. The predicted molar refractivity (Wildman–Crippen MR) is 97.1 cm³/mol. The van der Waals surface area contributed by atoms with Crippen LogP contribution in [0.3, 0.4) is 0 Å². The summed E-state index contributed by atoms with van der Waals surface area (Å²) < 4.78 is 0. The maximum Gasteiger partial charge on any atom is 0.0208 e. The van der Waals surface area contributed by atoms with Crippen LogP contribution in [0.1, 0.15) is 71.3 Å². The number of hydrogen-bond acceptors (Lipinski definition) is 2. The molecule has 2 heteroatoms. The number of nitrogens with one attached hydrogen (secondary N) is 1. The molecular formula is C19H33NS. The molecule has 1 aromatic carbocycles. The van der Waals surface area contributed by atoms with Gasteiger partial charge in [0.1, 0.15) is 0 Å². The molecule has 0 aromatic heterocycles. The van der Waals surface area contributed by atoms with E-state index in [2.05, 4.69) is 50.4 Å². The van der Waals surface area contributed by atoms with Crippen LogP contribution in [0.25, 0.3) is 0 Å². The van der Waals surface area contributed by atoms with E-state index in [4.69, 9.17) is 0 Å². The fourth-order valence-electron chi connectivity index (χ4n) is 2.32. The highest BCUT2D eigenvalue weighted by Gasteiger charge is 1.99. The van der Waals surface area contributed by atoms with Crippen LogP contribution in [0, 0.1) is 0 Å². The SMILES string of the molecule is CCCCCCCCCSc1cccc(CNC(C)C)c1. The molecule has 0 radical (unpaired) electrons. The first kappa shape index (κ1) is 18.6. The lowest BCUT2D eigenvalue weighted by atomic mass is 10.1. The van der Waals surface area contributed by atoms with Crippen molar-refractivity contribution in [3.05, 3.63) is 29.8 Å². The summed E-state index contributed by atoms with van der Waals surface area (Å²) in [6.45, 7) is 7.64. The van der Waals surface area contributed by atoms with E-state index < -0.39 is 0 Å². The molecular weight excluding hydrogens is 274 g/mol. The van der Waals surface area contributed by atoms with Gasteiger partial charge in [-0.25, -0.2) is 0 Å². The number of unbranched alkanes of at least 4 members (excludes halogenated alkanes) is 6. The molecule has 1 nitrogen and oxygen atoms in total. The third-order valence-corrected chi connectivity index (χ3v) is 4.71. The van der Waals surface area contributed by atoms with Gasteiger partial charge in [-0.1, -0.05) is 71.4 Å². The van der Waals surface area contributed by atoms with Crippen molar-refractivity contribution in [1.82, 2.24) is 5.32 Å². The van der Waals surface area contributed by atoms with Crippen molar-refractivity contribution in [2.45, 2.75) is 83.2 Å². The van der Waals surface area contributed by atoms with E-state index in [1.807, 2.05) is 11.8 Å². The molecule has 0 amide bonds. The maximum atomic E-state index is 3.48. The molecule has 0 saturated carbocycles. The molecule has 0 heterocycles. The fourth-order valence-corrected chi connectivity index (χ4v) is 3.31. The molecule has 0 bridgehead atoms. The summed E-state index contributed by atoms with van der Waals surface area (Å²) in [5.41, 5.74) is 1.40. The highest BCUT2D eigenvalue weighted by Crippen LogP contribution is 2.21. The first-order valence-electron chi connectivity index (χ1n) is 8.67. The van der Waals surface area contributed by atoms with E-state index in [0.717, 1.165) is 6.54 Å². The molecule has 0 saturated heterocycles. The lowest BCUT2D eigenvalue weighted by Gasteiger charge is -2.09.